The monoisotopic (exact) mass is 630 g/mol. The van der Waals surface area contributed by atoms with Crippen LogP contribution in [0.1, 0.15) is 25.8 Å². The SMILES string of the molecule is CC(C)C(O)C(=O)N1CCC(Oc2ccc(-c3ncnc(Nc4ccc(N5CCN(C6COC6)CC5)cc4)n3)cc2C#N)C(F)C1. The van der Waals surface area contributed by atoms with Gasteiger partial charge in [0.05, 0.1) is 31.4 Å². The van der Waals surface area contributed by atoms with Gasteiger partial charge in [-0.25, -0.2) is 14.4 Å². The van der Waals surface area contributed by atoms with Crippen molar-refractivity contribution in [2.24, 2.45) is 5.92 Å². The third-order valence-electron chi connectivity index (χ3n) is 8.83. The molecule has 3 atom stereocenters. The van der Waals surface area contributed by atoms with Crippen LogP contribution in [-0.4, -0.2) is 113 Å². The zero-order valence-corrected chi connectivity index (χ0v) is 26.0. The number of piperidine rings is 1. The number of rotatable bonds is 9. The Bertz CT molecular complexity index is 1560. The van der Waals surface area contributed by atoms with Crippen LogP contribution in [0, 0.1) is 17.2 Å². The van der Waals surface area contributed by atoms with Crippen LogP contribution < -0.4 is 15.0 Å². The molecule has 3 unspecified atom stereocenters. The number of anilines is 3. The Morgan fingerprint density at radius 2 is 1.87 bits per heavy atom. The van der Waals surface area contributed by atoms with Gasteiger partial charge >= 0.3 is 0 Å². The van der Waals surface area contributed by atoms with Crippen LogP contribution >= 0.6 is 0 Å². The highest BCUT2D eigenvalue weighted by molar-refractivity contribution is 5.81. The van der Waals surface area contributed by atoms with Crippen molar-refractivity contribution in [3.05, 3.63) is 54.4 Å². The van der Waals surface area contributed by atoms with Gasteiger partial charge < -0.3 is 29.7 Å². The van der Waals surface area contributed by atoms with E-state index in [1.807, 2.05) is 12.1 Å². The van der Waals surface area contributed by atoms with Crippen molar-refractivity contribution in [3.8, 4) is 23.2 Å². The van der Waals surface area contributed by atoms with E-state index in [2.05, 4.69) is 48.3 Å². The fraction of sp³-hybridized carbons (Fsp3) is 0.485. The van der Waals surface area contributed by atoms with Crippen molar-refractivity contribution in [2.75, 3.05) is 62.7 Å². The molecule has 4 heterocycles. The predicted octanol–water partition coefficient (Wildman–Crippen LogP) is 3.01. The topological polar surface area (TPSA) is 140 Å². The molecule has 0 bridgehead atoms. The van der Waals surface area contributed by atoms with E-state index >= 15 is 4.39 Å². The number of ether oxygens (including phenoxy) is 2. The number of amides is 1. The third-order valence-corrected chi connectivity index (χ3v) is 8.83. The lowest BCUT2D eigenvalue weighted by molar-refractivity contribution is -0.146. The molecular formula is C33H39FN8O4. The first kappa shape index (κ1) is 31.6. The Labute approximate surface area is 267 Å². The highest BCUT2D eigenvalue weighted by atomic mass is 19.1. The van der Waals surface area contributed by atoms with Crippen molar-refractivity contribution in [1.82, 2.24) is 24.8 Å². The minimum absolute atomic E-state index is 0.176. The minimum atomic E-state index is -1.47. The van der Waals surface area contributed by atoms with Gasteiger partial charge in [-0.05, 0) is 48.4 Å². The number of nitriles is 1. The number of benzene rings is 2. The number of aliphatic hydroxyl groups is 1. The first-order chi connectivity index (χ1) is 22.3. The van der Waals surface area contributed by atoms with Crippen molar-refractivity contribution in [3.63, 3.8) is 0 Å². The molecule has 0 radical (unpaired) electrons. The molecule has 6 rings (SSSR count). The quantitative estimate of drug-likeness (QED) is 0.361. The molecule has 2 aromatic carbocycles. The summed E-state index contributed by atoms with van der Waals surface area (Å²) in [6.45, 7) is 9.26. The number of aliphatic hydroxyl groups excluding tert-OH is 1. The molecule has 3 fully saturated rings. The van der Waals surface area contributed by atoms with Crippen LogP contribution in [-0.2, 0) is 9.53 Å². The van der Waals surface area contributed by atoms with Crippen LogP contribution in [0.25, 0.3) is 11.4 Å². The van der Waals surface area contributed by atoms with Gasteiger partial charge in [0.1, 0.15) is 30.4 Å². The Morgan fingerprint density at radius 1 is 1.11 bits per heavy atom. The number of nitrogens with one attached hydrogen (secondary N) is 1. The van der Waals surface area contributed by atoms with Gasteiger partial charge in [-0.2, -0.15) is 10.2 Å². The number of hydrogen-bond donors (Lipinski definition) is 2. The van der Waals surface area contributed by atoms with E-state index in [-0.39, 0.29) is 36.7 Å². The lowest BCUT2D eigenvalue weighted by Gasteiger charge is -2.43. The van der Waals surface area contributed by atoms with Crippen LogP contribution in [0.3, 0.4) is 0 Å². The minimum Gasteiger partial charge on any atom is -0.486 e. The number of hydrogen-bond acceptors (Lipinski definition) is 11. The second-order valence-electron chi connectivity index (χ2n) is 12.3. The smallest absolute Gasteiger partial charge is 0.251 e. The normalized spacial score (nSPS) is 21.4. The Morgan fingerprint density at radius 3 is 2.52 bits per heavy atom. The van der Waals surface area contributed by atoms with Crippen LogP contribution in [0.4, 0.5) is 21.7 Å². The molecule has 0 spiro atoms. The van der Waals surface area contributed by atoms with Gasteiger partial charge in [0, 0.05) is 56.1 Å². The molecule has 3 saturated heterocycles. The molecule has 3 aliphatic rings. The van der Waals surface area contributed by atoms with E-state index in [0.29, 0.717) is 23.4 Å². The van der Waals surface area contributed by atoms with E-state index in [9.17, 15) is 15.2 Å². The zero-order chi connectivity index (χ0) is 32.2. The first-order valence-electron chi connectivity index (χ1n) is 15.7. The maximum absolute atomic E-state index is 15.1. The first-order valence-corrected chi connectivity index (χ1v) is 15.7. The summed E-state index contributed by atoms with van der Waals surface area (Å²) >= 11 is 0. The van der Waals surface area contributed by atoms with E-state index in [0.717, 1.165) is 45.1 Å². The summed E-state index contributed by atoms with van der Waals surface area (Å²) < 4.78 is 26.3. The number of nitrogens with zero attached hydrogens (tertiary/aromatic N) is 7. The highest BCUT2D eigenvalue weighted by Gasteiger charge is 2.36. The molecule has 1 aromatic heterocycles. The van der Waals surface area contributed by atoms with Crippen molar-refractivity contribution in [1.29, 1.82) is 5.26 Å². The number of alkyl halides is 1. The molecule has 12 nitrogen and oxygen atoms in total. The summed E-state index contributed by atoms with van der Waals surface area (Å²) in [5.41, 5.74) is 2.80. The van der Waals surface area contributed by atoms with Crippen molar-refractivity contribution in [2.45, 2.75) is 44.7 Å². The summed E-state index contributed by atoms with van der Waals surface area (Å²) in [6, 6.07) is 15.8. The van der Waals surface area contributed by atoms with Crippen molar-refractivity contribution >= 4 is 23.2 Å². The summed E-state index contributed by atoms with van der Waals surface area (Å²) in [7, 11) is 0. The van der Waals surface area contributed by atoms with Gasteiger partial charge in [-0.3, -0.25) is 9.69 Å². The number of aromatic nitrogens is 3. The maximum atomic E-state index is 15.1. The number of piperazine rings is 1. The molecule has 2 N–H and O–H groups in total. The number of halogens is 1. The van der Waals surface area contributed by atoms with Crippen molar-refractivity contribution < 1.29 is 23.8 Å². The van der Waals surface area contributed by atoms with Gasteiger partial charge in [-0.15, -0.1) is 0 Å². The molecule has 46 heavy (non-hydrogen) atoms. The predicted molar refractivity (Wildman–Crippen MR) is 169 cm³/mol. The number of carbonyl (C=O) groups excluding carboxylic acids is 1. The average molecular weight is 631 g/mol. The highest BCUT2D eigenvalue weighted by Crippen LogP contribution is 2.29. The van der Waals surface area contributed by atoms with Gasteiger partial charge in [0.2, 0.25) is 5.95 Å². The fourth-order valence-electron chi connectivity index (χ4n) is 5.87. The molecule has 242 valence electrons. The lowest BCUT2D eigenvalue weighted by atomic mass is 10.0. The zero-order valence-electron chi connectivity index (χ0n) is 26.0. The molecule has 0 saturated carbocycles. The second-order valence-corrected chi connectivity index (χ2v) is 12.3. The van der Waals surface area contributed by atoms with Crippen LogP contribution in [0.5, 0.6) is 5.75 Å². The summed E-state index contributed by atoms with van der Waals surface area (Å²) in [5.74, 6) is 0.226. The lowest BCUT2D eigenvalue weighted by Crippen LogP contribution is -2.56. The molecule has 3 aromatic rings. The molecule has 1 amide bonds. The standard InChI is InChI=1S/C33H39FN8O4/c1-21(2)30(43)32(44)42-10-9-29(27(34)17-42)46-28-8-3-22(15-23(28)16-35)31-36-20-37-33(39-31)38-24-4-6-25(7-5-24)40-11-13-41(14-12-40)26-18-45-19-26/h3-8,15,20-21,26-27,29-30,43H,9-14,17-19H2,1-2H3,(H,36,37,38,39). The molecule has 13 heteroatoms. The molecular weight excluding hydrogens is 591 g/mol. The van der Waals surface area contributed by atoms with Gasteiger partial charge in [0.15, 0.2) is 12.0 Å². The third kappa shape index (κ3) is 7.04. The fourth-order valence-corrected chi connectivity index (χ4v) is 5.87. The van der Waals surface area contributed by atoms with E-state index in [1.54, 1.807) is 32.0 Å². The Hall–Kier alpha value is -4.38. The maximum Gasteiger partial charge on any atom is 0.251 e. The average Bonchev–Trinajstić information content (AvgIpc) is 3.05. The second kappa shape index (κ2) is 13.9. The number of carbonyl (C=O) groups is 1. The Kier molecular flexibility index (Phi) is 9.58. The van der Waals surface area contributed by atoms with E-state index in [1.165, 1.54) is 16.9 Å². The summed E-state index contributed by atoms with van der Waals surface area (Å²) in [6.07, 6.45) is -1.82. The van der Waals surface area contributed by atoms with Crippen LogP contribution in [0.15, 0.2) is 48.8 Å². The van der Waals surface area contributed by atoms with Gasteiger partial charge in [0.25, 0.3) is 5.91 Å². The van der Waals surface area contributed by atoms with E-state index < -0.39 is 24.3 Å². The van der Waals surface area contributed by atoms with E-state index in [4.69, 9.17) is 9.47 Å². The summed E-state index contributed by atoms with van der Waals surface area (Å²) in [5, 5.41) is 23.2. The van der Waals surface area contributed by atoms with Crippen LogP contribution in [0.2, 0.25) is 0 Å². The Balaban J connectivity index is 1.06. The number of likely N-dealkylation sites (tertiary alicyclic amines) is 1. The summed E-state index contributed by atoms with van der Waals surface area (Å²) in [4.78, 5) is 31.8. The van der Waals surface area contributed by atoms with Gasteiger partial charge in [-0.1, -0.05) is 13.8 Å². The largest absolute Gasteiger partial charge is 0.486 e. The molecule has 3 aliphatic heterocycles. The molecule has 0 aliphatic carbocycles.